The van der Waals surface area contributed by atoms with Crippen LogP contribution in [0.3, 0.4) is 0 Å². The Labute approximate surface area is 194 Å². The fourth-order valence-corrected chi connectivity index (χ4v) is 4.55. The van der Waals surface area contributed by atoms with Gasteiger partial charge in [0.05, 0.1) is 14.2 Å². The molecule has 1 saturated heterocycles. The molecule has 4 rings (SSSR count). The Morgan fingerprint density at radius 2 is 1.85 bits per heavy atom. The SMILES string of the molecule is COc1ccc(CNC(=O)CCC2(Cc3ccc4ccccc4c3)CCC(=O)N2)c(OC)c1. The van der Waals surface area contributed by atoms with E-state index in [1.54, 1.807) is 20.3 Å². The average molecular weight is 447 g/mol. The normalized spacial score (nSPS) is 17.6. The smallest absolute Gasteiger partial charge is 0.220 e. The zero-order valence-electron chi connectivity index (χ0n) is 19.1. The lowest BCUT2D eigenvalue weighted by molar-refractivity contribution is -0.122. The van der Waals surface area contributed by atoms with Gasteiger partial charge in [0.15, 0.2) is 0 Å². The molecular weight excluding hydrogens is 416 g/mol. The highest BCUT2D eigenvalue weighted by molar-refractivity contribution is 5.83. The highest BCUT2D eigenvalue weighted by Crippen LogP contribution is 2.31. The molecule has 172 valence electrons. The molecule has 2 amide bonds. The van der Waals surface area contributed by atoms with E-state index in [1.807, 2.05) is 24.3 Å². The number of ether oxygens (including phenoxy) is 2. The first-order valence-electron chi connectivity index (χ1n) is 11.3. The molecule has 6 heteroatoms. The molecule has 33 heavy (non-hydrogen) atoms. The van der Waals surface area contributed by atoms with Crippen molar-refractivity contribution >= 4 is 22.6 Å². The van der Waals surface area contributed by atoms with Crippen molar-refractivity contribution in [3.63, 3.8) is 0 Å². The maximum Gasteiger partial charge on any atom is 0.220 e. The third kappa shape index (κ3) is 5.45. The minimum absolute atomic E-state index is 0.0492. The summed E-state index contributed by atoms with van der Waals surface area (Å²) in [5.41, 5.74) is 1.65. The van der Waals surface area contributed by atoms with E-state index in [1.165, 1.54) is 16.3 Å². The molecule has 0 bridgehead atoms. The van der Waals surface area contributed by atoms with E-state index in [2.05, 4.69) is 41.0 Å². The number of hydrogen-bond donors (Lipinski definition) is 2. The Bertz CT molecular complexity index is 1160. The number of benzene rings is 3. The van der Waals surface area contributed by atoms with Crippen molar-refractivity contribution < 1.29 is 19.1 Å². The minimum Gasteiger partial charge on any atom is -0.497 e. The predicted octanol–water partition coefficient (Wildman–Crippen LogP) is 4.14. The quantitative estimate of drug-likeness (QED) is 0.518. The van der Waals surface area contributed by atoms with Crippen LogP contribution in [0, 0.1) is 0 Å². The van der Waals surface area contributed by atoms with Crippen LogP contribution in [0.25, 0.3) is 10.8 Å². The number of hydrogen-bond acceptors (Lipinski definition) is 4. The van der Waals surface area contributed by atoms with Crippen LogP contribution < -0.4 is 20.1 Å². The number of carbonyl (C=O) groups excluding carboxylic acids is 2. The van der Waals surface area contributed by atoms with Crippen molar-refractivity contribution in [2.24, 2.45) is 0 Å². The number of nitrogens with one attached hydrogen (secondary N) is 2. The van der Waals surface area contributed by atoms with Gasteiger partial charge >= 0.3 is 0 Å². The maximum atomic E-state index is 12.7. The van der Waals surface area contributed by atoms with Crippen molar-refractivity contribution in [2.45, 2.75) is 44.2 Å². The van der Waals surface area contributed by atoms with E-state index in [4.69, 9.17) is 9.47 Å². The molecule has 6 nitrogen and oxygen atoms in total. The standard InChI is InChI=1S/C27H30N2O4/c1-32-23-10-9-22(24(16-23)33-2)18-28-25(30)11-13-27(14-12-26(31)29-27)17-19-7-8-20-5-3-4-6-21(20)15-19/h3-10,15-16H,11-14,17-18H2,1-2H3,(H,28,30)(H,29,31). The second-order valence-electron chi connectivity index (χ2n) is 8.64. The lowest BCUT2D eigenvalue weighted by atomic mass is 9.84. The molecular formula is C27H30N2O4. The zero-order chi connectivity index (χ0) is 23.3. The molecule has 0 spiro atoms. The van der Waals surface area contributed by atoms with Gasteiger partial charge in [0.1, 0.15) is 11.5 Å². The molecule has 2 N–H and O–H groups in total. The van der Waals surface area contributed by atoms with Crippen molar-refractivity contribution in [3.8, 4) is 11.5 Å². The number of rotatable bonds is 9. The van der Waals surface area contributed by atoms with Gasteiger partial charge in [0, 0.05) is 36.6 Å². The summed E-state index contributed by atoms with van der Waals surface area (Å²) in [4.78, 5) is 24.8. The molecule has 0 radical (unpaired) electrons. The topological polar surface area (TPSA) is 76.7 Å². The Balaban J connectivity index is 1.39. The van der Waals surface area contributed by atoms with Gasteiger partial charge in [-0.2, -0.15) is 0 Å². The van der Waals surface area contributed by atoms with E-state index in [-0.39, 0.29) is 11.8 Å². The van der Waals surface area contributed by atoms with Gasteiger partial charge < -0.3 is 20.1 Å². The van der Waals surface area contributed by atoms with Gasteiger partial charge in [-0.05, 0) is 47.7 Å². The Hall–Kier alpha value is -3.54. The van der Waals surface area contributed by atoms with Crippen LogP contribution in [-0.4, -0.2) is 31.6 Å². The fraction of sp³-hybridized carbons (Fsp3) is 0.333. The summed E-state index contributed by atoms with van der Waals surface area (Å²) in [5.74, 6) is 1.38. The van der Waals surface area contributed by atoms with Gasteiger partial charge in [0.25, 0.3) is 0 Å². The van der Waals surface area contributed by atoms with E-state index in [0.717, 1.165) is 12.0 Å². The number of amides is 2. The first kappa shape index (κ1) is 22.6. The summed E-state index contributed by atoms with van der Waals surface area (Å²) in [6.45, 7) is 0.371. The van der Waals surface area contributed by atoms with Gasteiger partial charge in [-0.15, -0.1) is 0 Å². The van der Waals surface area contributed by atoms with Gasteiger partial charge in [-0.25, -0.2) is 0 Å². The molecule has 0 saturated carbocycles. The Morgan fingerprint density at radius 3 is 2.58 bits per heavy atom. The van der Waals surface area contributed by atoms with Crippen molar-refractivity contribution in [1.82, 2.24) is 10.6 Å². The van der Waals surface area contributed by atoms with Crippen molar-refractivity contribution in [3.05, 3.63) is 71.8 Å². The molecule has 1 fully saturated rings. The number of carbonyl (C=O) groups is 2. The van der Waals surface area contributed by atoms with E-state index < -0.39 is 5.54 Å². The zero-order valence-corrected chi connectivity index (χ0v) is 19.1. The number of methoxy groups -OCH3 is 2. The van der Waals surface area contributed by atoms with Gasteiger partial charge in [-0.3, -0.25) is 9.59 Å². The van der Waals surface area contributed by atoms with Crippen LogP contribution >= 0.6 is 0 Å². The van der Waals surface area contributed by atoms with Crippen LogP contribution in [0.1, 0.15) is 36.8 Å². The van der Waals surface area contributed by atoms with Crippen LogP contribution in [0.5, 0.6) is 11.5 Å². The van der Waals surface area contributed by atoms with E-state index in [0.29, 0.717) is 43.7 Å². The Kier molecular flexibility index (Phi) is 6.82. The fourth-order valence-electron chi connectivity index (χ4n) is 4.55. The molecule has 1 heterocycles. The number of fused-ring (bicyclic) bond motifs is 1. The monoisotopic (exact) mass is 446 g/mol. The average Bonchev–Trinajstić information content (AvgIpc) is 3.21. The second kappa shape index (κ2) is 9.94. The molecule has 0 aliphatic carbocycles. The van der Waals surface area contributed by atoms with Crippen molar-refractivity contribution in [2.75, 3.05) is 14.2 Å². The van der Waals surface area contributed by atoms with E-state index >= 15 is 0 Å². The lowest BCUT2D eigenvalue weighted by Gasteiger charge is -2.29. The van der Waals surface area contributed by atoms with E-state index in [9.17, 15) is 9.59 Å². The molecule has 1 aliphatic heterocycles. The van der Waals surface area contributed by atoms with Crippen LogP contribution in [0.4, 0.5) is 0 Å². The summed E-state index contributed by atoms with van der Waals surface area (Å²) in [5, 5.41) is 8.53. The van der Waals surface area contributed by atoms with Crippen LogP contribution in [0.2, 0.25) is 0 Å². The lowest BCUT2D eigenvalue weighted by Crippen LogP contribution is -2.44. The van der Waals surface area contributed by atoms with Gasteiger partial charge in [-0.1, -0.05) is 42.5 Å². The first-order chi connectivity index (χ1) is 16.0. The predicted molar refractivity (Wildman–Crippen MR) is 128 cm³/mol. The minimum atomic E-state index is -0.394. The highest BCUT2D eigenvalue weighted by atomic mass is 16.5. The maximum absolute atomic E-state index is 12.7. The van der Waals surface area contributed by atoms with Gasteiger partial charge in [0.2, 0.25) is 11.8 Å². The molecule has 1 unspecified atom stereocenters. The third-order valence-corrected chi connectivity index (χ3v) is 6.39. The Morgan fingerprint density at radius 1 is 1.03 bits per heavy atom. The molecule has 1 atom stereocenters. The summed E-state index contributed by atoms with van der Waals surface area (Å²) in [7, 11) is 3.20. The summed E-state index contributed by atoms with van der Waals surface area (Å²) < 4.78 is 10.6. The van der Waals surface area contributed by atoms with Crippen molar-refractivity contribution in [1.29, 1.82) is 0 Å². The van der Waals surface area contributed by atoms with Crippen LogP contribution in [0.15, 0.2) is 60.7 Å². The summed E-state index contributed by atoms with van der Waals surface area (Å²) in [6, 6.07) is 20.2. The second-order valence-corrected chi connectivity index (χ2v) is 8.64. The summed E-state index contributed by atoms with van der Waals surface area (Å²) in [6.07, 6.45) is 2.88. The van der Waals surface area contributed by atoms with Crippen LogP contribution in [-0.2, 0) is 22.6 Å². The molecule has 1 aliphatic rings. The molecule has 0 aromatic heterocycles. The third-order valence-electron chi connectivity index (χ3n) is 6.39. The molecule has 3 aromatic rings. The largest absolute Gasteiger partial charge is 0.497 e. The highest BCUT2D eigenvalue weighted by Gasteiger charge is 2.37. The summed E-state index contributed by atoms with van der Waals surface area (Å²) >= 11 is 0. The molecule has 3 aromatic carbocycles. The first-order valence-corrected chi connectivity index (χ1v) is 11.3.